The summed E-state index contributed by atoms with van der Waals surface area (Å²) in [5.41, 5.74) is 1.35. The van der Waals surface area contributed by atoms with E-state index in [0.29, 0.717) is 31.7 Å². The lowest BCUT2D eigenvalue weighted by Crippen LogP contribution is -2.53. The molecule has 5 heterocycles. The maximum atomic E-state index is 15.1. The zero-order valence-corrected chi connectivity index (χ0v) is 23.5. The van der Waals surface area contributed by atoms with Gasteiger partial charge in [0.15, 0.2) is 0 Å². The fourth-order valence-corrected chi connectivity index (χ4v) is 7.08. The normalized spacial score (nSPS) is 25.4. The van der Waals surface area contributed by atoms with Crippen LogP contribution < -0.4 is 21.2 Å². The van der Waals surface area contributed by atoms with Gasteiger partial charge >= 0.3 is 5.69 Å². The van der Waals surface area contributed by atoms with Crippen LogP contribution in [0.5, 0.6) is 0 Å². The molecule has 4 aliphatic rings. The topological polar surface area (TPSA) is 94.8 Å². The van der Waals surface area contributed by atoms with Gasteiger partial charge in [0.2, 0.25) is 11.8 Å². The van der Waals surface area contributed by atoms with E-state index in [1.165, 1.54) is 4.57 Å². The maximum absolute atomic E-state index is 15.1. The largest absolute Gasteiger partial charge is 0.371 e. The van der Waals surface area contributed by atoms with Crippen molar-refractivity contribution in [1.82, 2.24) is 29.6 Å². The molecule has 2 aromatic rings. The van der Waals surface area contributed by atoms with Gasteiger partial charge in [-0.2, -0.15) is 0 Å². The molecule has 2 amide bonds. The summed E-state index contributed by atoms with van der Waals surface area (Å²) < 4.78 is 18.2. The molecule has 4 aliphatic heterocycles. The molecule has 4 saturated heterocycles. The smallest absolute Gasteiger partial charge is 0.329 e. The number of benzene rings is 1. The van der Waals surface area contributed by atoms with Crippen molar-refractivity contribution in [3.8, 4) is 0 Å². The Kier molecular flexibility index (Phi) is 7.71. The van der Waals surface area contributed by atoms with E-state index >= 15 is 4.39 Å². The van der Waals surface area contributed by atoms with Gasteiger partial charge in [0.1, 0.15) is 11.7 Å². The predicted molar refractivity (Wildman–Crippen MR) is 152 cm³/mol. The number of piperidine rings is 3. The molecule has 11 heteroatoms. The average Bonchev–Trinajstić information content (AvgIpc) is 3.19. The van der Waals surface area contributed by atoms with Crippen molar-refractivity contribution in [3.05, 3.63) is 28.7 Å². The molecule has 0 bridgehead atoms. The molecule has 0 spiro atoms. The highest BCUT2D eigenvalue weighted by atomic mass is 19.1. The molecule has 1 unspecified atom stereocenters. The second-order valence-corrected chi connectivity index (χ2v) is 12.3. The van der Waals surface area contributed by atoms with Gasteiger partial charge in [-0.3, -0.25) is 28.9 Å². The quantitative estimate of drug-likeness (QED) is 0.518. The number of imidazole rings is 1. The van der Waals surface area contributed by atoms with Gasteiger partial charge in [0, 0.05) is 71.5 Å². The zero-order valence-electron chi connectivity index (χ0n) is 23.5. The lowest BCUT2D eigenvalue weighted by atomic mass is 9.93. The second kappa shape index (κ2) is 11.3. The highest BCUT2D eigenvalue weighted by molar-refractivity contribution is 6.00. The van der Waals surface area contributed by atoms with E-state index in [-0.39, 0.29) is 18.0 Å². The third kappa shape index (κ3) is 5.56. The number of aryl methyl sites for hydroxylation is 1. The minimum Gasteiger partial charge on any atom is -0.371 e. The SMILES string of the molecule is Cn1c(=O)n(C2CCC(=O)NC2=O)c2ccc(N3CCC(CN4CCN(CC5(F)CCNCC5)CC4)CC3)cc21. The maximum Gasteiger partial charge on any atom is 0.329 e. The van der Waals surface area contributed by atoms with Gasteiger partial charge in [0.25, 0.3) is 0 Å². The van der Waals surface area contributed by atoms with Crippen LogP contribution in [0.25, 0.3) is 11.0 Å². The summed E-state index contributed by atoms with van der Waals surface area (Å²) in [5, 5.41) is 5.63. The number of nitrogens with zero attached hydrogens (tertiary/aromatic N) is 5. The van der Waals surface area contributed by atoms with Crippen molar-refractivity contribution >= 4 is 28.5 Å². The minimum atomic E-state index is -1.02. The number of hydrogen-bond donors (Lipinski definition) is 2. The first-order valence-corrected chi connectivity index (χ1v) is 14.9. The third-order valence-electron chi connectivity index (χ3n) is 9.56. The summed E-state index contributed by atoms with van der Waals surface area (Å²) in [6.07, 6.45) is 4.06. The zero-order chi connectivity index (χ0) is 27.9. The van der Waals surface area contributed by atoms with Crippen LogP contribution in [0.4, 0.5) is 10.1 Å². The molecule has 218 valence electrons. The van der Waals surface area contributed by atoms with E-state index in [1.807, 2.05) is 12.1 Å². The van der Waals surface area contributed by atoms with Gasteiger partial charge in [0.05, 0.1) is 11.0 Å². The van der Waals surface area contributed by atoms with E-state index in [0.717, 1.165) is 88.5 Å². The fourth-order valence-electron chi connectivity index (χ4n) is 7.08. The molecule has 6 rings (SSSR count). The summed E-state index contributed by atoms with van der Waals surface area (Å²) >= 11 is 0. The number of carbonyl (C=O) groups is 2. The standard InChI is InChI=1S/C29H42FN7O3/c1-33-25-18-22(2-3-23(25)37(28(33)40)24-4-5-26(38)32-27(24)39)36-12-6-21(7-13-36)19-34-14-16-35(17-15-34)20-29(30)8-10-31-11-9-29/h2-3,18,21,24,31H,4-17,19-20H2,1H3,(H,32,38,39). The lowest BCUT2D eigenvalue weighted by Gasteiger charge is -2.41. The predicted octanol–water partition coefficient (Wildman–Crippen LogP) is 1.24. The summed E-state index contributed by atoms with van der Waals surface area (Å²) in [7, 11) is 1.74. The number of anilines is 1. The second-order valence-electron chi connectivity index (χ2n) is 12.3. The molecule has 0 saturated carbocycles. The van der Waals surface area contributed by atoms with Crippen LogP contribution in [0.15, 0.2) is 23.0 Å². The summed E-state index contributed by atoms with van der Waals surface area (Å²) in [4.78, 5) is 44.4. The van der Waals surface area contributed by atoms with Crippen LogP contribution in [-0.4, -0.2) is 102 Å². The molecule has 1 atom stereocenters. The van der Waals surface area contributed by atoms with Gasteiger partial charge < -0.3 is 15.1 Å². The average molecular weight is 556 g/mol. The Morgan fingerprint density at radius 1 is 0.925 bits per heavy atom. The van der Waals surface area contributed by atoms with Crippen LogP contribution >= 0.6 is 0 Å². The Labute approximate surface area is 234 Å². The van der Waals surface area contributed by atoms with Crippen molar-refractivity contribution in [2.45, 2.75) is 50.2 Å². The minimum absolute atomic E-state index is 0.234. The van der Waals surface area contributed by atoms with Gasteiger partial charge in [-0.05, 0) is 69.3 Å². The Balaban J connectivity index is 1.03. The van der Waals surface area contributed by atoms with Crippen LogP contribution in [-0.2, 0) is 16.6 Å². The monoisotopic (exact) mass is 555 g/mol. The van der Waals surface area contributed by atoms with Crippen molar-refractivity contribution in [3.63, 3.8) is 0 Å². The lowest BCUT2D eigenvalue weighted by molar-refractivity contribution is -0.135. The first kappa shape index (κ1) is 27.4. The molecule has 2 N–H and O–H groups in total. The Morgan fingerprint density at radius 2 is 1.62 bits per heavy atom. The van der Waals surface area contributed by atoms with E-state index < -0.39 is 17.6 Å². The molecule has 40 heavy (non-hydrogen) atoms. The first-order chi connectivity index (χ1) is 19.3. The van der Waals surface area contributed by atoms with Crippen LogP contribution in [0.1, 0.15) is 44.6 Å². The number of piperazine rings is 1. The number of carbonyl (C=O) groups excluding carboxylic acids is 2. The molecule has 4 fully saturated rings. The number of aromatic nitrogens is 2. The number of imide groups is 1. The van der Waals surface area contributed by atoms with Crippen LogP contribution in [0.3, 0.4) is 0 Å². The number of fused-ring (bicyclic) bond motifs is 1. The number of nitrogens with one attached hydrogen (secondary N) is 2. The fraction of sp³-hybridized carbons (Fsp3) is 0.690. The molecule has 1 aromatic carbocycles. The Morgan fingerprint density at radius 3 is 2.33 bits per heavy atom. The molecule has 0 aliphatic carbocycles. The summed E-state index contributed by atoms with van der Waals surface area (Å²) in [6.45, 7) is 9.14. The van der Waals surface area contributed by atoms with Crippen LogP contribution in [0, 0.1) is 5.92 Å². The summed E-state index contributed by atoms with van der Waals surface area (Å²) in [5.74, 6) is -0.0437. The molecule has 0 radical (unpaired) electrons. The number of rotatable bonds is 6. The Hall–Kier alpha value is -2.76. The van der Waals surface area contributed by atoms with Gasteiger partial charge in [-0.25, -0.2) is 9.18 Å². The molecular formula is C29H42FN7O3. The number of halogens is 1. The number of hydrogen-bond acceptors (Lipinski definition) is 7. The van der Waals surface area contributed by atoms with E-state index in [4.69, 9.17) is 0 Å². The van der Waals surface area contributed by atoms with Crippen LogP contribution in [0.2, 0.25) is 0 Å². The van der Waals surface area contributed by atoms with E-state index in [1.54, 1.807) is 11.6 Å². The first-order valence-electron chi connectivity index (χ1n) is 14.9. The van der Waals surface area contributed by atoms with Crippen molar-refractivity contribution in [1.29, 1.82) is 0 Å². The Bertz CT molecular complexity index is 1300. The van der Waals surface area contributed by atoms with Crippen molar-refractivity contribution in [2.75, 3.05) is 70.3 Å². The third-order valence-corrected chi connectivity index (χ3v) is 9.56. The molecular weight excluding hydrogens is 513 g/mol. The highest BCUT2D eigenvalue weighted by Gasteiger charge is 2.35. The number of amides is 2. The molecule has 10 nitrogen and oxygen atoms in total. The van der Waals surface area contributed by atoms with Crippen molar-refractivity contribution in [2.24, 2.45) is 13.0 Å². The van der Waals surface area contributed by atoms with Gasteiger partial charge in [-0.15, -0.1) is 0 Å². The summed E-state index contributed by atoms with van der Waals surface area (Å²) in [6, 6.07) is 5.37. The number of alkyl halides is 1. The highest BCUT2D eigenvalue weighted by Crippen LogP contribution is 2.30. The molecule has 1 aromatic heterocycles. The van der Waals surface area contributed by atoms with Gasteiger partial charge in [-0.1, -0.05) is 0 Å². The van der Waals surface area contributed by atoms with E-state index in [2.05, 4.69) is 31.4 Å². The van der Waals surface area contributed by atoms with E-state index in [9.17, 15) is 14.4 Å². The van der Waals surface area contributed by atoms with Crippen molar-refractivity contribution < 1.29 is 14.0 Å².